The fourth-order valence-corrected chi connectivity index (χ4v) is 2.68. The van der Waals surface area contributed by atoms with Gasteiger partial charge in [-0.1, -0.05) is 6.08 Å². The molecule has 0 spiro atoms. The van der Waals surface area contributed by atoms with E-state index in [-0.39, 0.29) is 31.0 Å². The smallest absolute Gasteiger partial charge is 0.328 e. The van der Waals surface area contributed by atoms with Crippen molar-refractivity contribution in [3.63, 3.8) is 0 Å². The molecule has 1 aliphatic rings. The molecule has 7 nitrogen and oxygen atoms in total. The molecule has 0 heterocycles. The largest absolute Gasteiger partial charge is 0.497 e. The van der Waals surface area contributed by atoms with E-state index in [1.54, 1.807) is 26.4 Å². The molecular formula is C18H23NO6. The molecule has 1 saturated carbocycles. The molecular weight excluding hydrogens is 326 g/mol. The Balaban J connectivity index is 2.01. The fraction of sp³-hybridized carbons (Fsp3) is 0.444. The number of hydrogen-bond donors (Lipinski definition) is 2. The van der Waals surface area contributed by atoms with Gasteiger partial charge in [-0.05, 0) is 24.6 Å². The first-order chi connectivity index (χ1) is 12.0. The zero-order chi connectivity index (χ0) is 18.4. The number of carbonyl (C=O) groups is 2. The molecule has 1 fully saturated rings. The zero-order valence-corrected chi connectivity index (χ0v) is 14.4. The molecule has 2 N–H and O–H groups in total. The average Bonchev–Trinajstić information content (AvgIpc) is 3.40. The Hall–Kier alpha value is -2.54. The van der Waals surface area contributed by atoms with Crippen molar-refractivity contribution in [1.29, 1.82) is 0 Å². The minimum absolute atomic E-state index is 0.0198. The Bertz CT molecular complexity index is 644. The summed E-state index contributed by atoms with van der Waals surface area (Å²) in [4.78, 5) is 23.6. The van der Waals surface area contributed by atoms with Crippen LogP contribution in [0.1, 0.15) is 17.9 Å². The molecule has 0 aromatic heterocycles. The summed E-state index contributed by atoms with van der Waals surface area (Å²) in [5, 5.41) is 11.7. The summed E-state index contributed by atoms with van der Waals surface area (Å²) in [6, 6.07) is 4.35. The second-order valence-corrected chi connectivity index (χ2v) is 5.78. The van der Waals surface area contributed by atoms with Crippen LogP contribution in [0.4, 0.5) is 0 Å². The predicted octanol–water partition coefficient (Wildman–Crippen LogP) is 1.58. The van der Waals surface area contributed by atoms with Gasteiger partial charge in [-0.2, -0.15) is 0 Å². The second-order valence-electron chi connectivity index (χ2n) is 5.78. The van der Waals surface area contributed by atoms with Crippen molar-refractivity contribution < 1.29 is 28.9 Å². The molecule has 1 aromatic rings. The number of aliphatic carboxylic acids is 1. The van der Waals surface area contributed by atoms with Gasteiger partial charge < -0.3 is 24.6 Å². The van der Waals surface area contributed by atoms with E-state index < -0.39 is 12.0 Å². The normalized spacial score (nSPS) is 19.6. The maximum atomic E-state index is 12.4. The van der Waals surface area contributed by atoms with Gasteiger partial charge in [0.2, 0.25) is 5.91 Å². The quantitative estimate of drug-likeness (QED) is 0.492. The molecule has 1 amide bonds. The van der Waals surface area contributed by atoms with Gasteiger partial charge in [0.15, 0.2) is 6.04 Å². The minimum Gasteiger partial charge on any atom is -0.497 e. The van der Waals surface area contributed by atoms with Gasteiger partial charge in [0, 0.05) is 17.4 Å². The number of methoxy groups -OCH3 is 2. The van der Waals surface area contributed by atoms with Crippen molar-refractivity contribution in [2.24, 2.45) is 5.92 Å². The van der Waals surface area contributed by atoms with E-state index in [1.165, 1.54) is 6.08 Å². The van der Waals surface area contributed by atoms with E-state index in [2.05, 4.69) is 11.9 Å². The molecule has 7 heteroatoms. The third-order valence-corrected chi connectivity index (χ3v) is 4.10. The van der Waals surface area contributed by atoms with Gasteiger partial charge in [-0.25, -0.2) is 4.79 Å². The van der Waals surface area contributed by atoms with Gasteiger partial charge in [0.25, 0.3) is 0 Å². The van der Waals surface area contributed by atoms with Gasteiger partial charge >= 0.3 is 5.97 Å². The van der Waals surface area contributed by atoms with Crippen molar-refractivity contribution in [1.82, 2.24) is 5.32 Å². The van der Waals surface area contributed by atoms with Crippen molar-refractivity contribution in [2.45, 2.75) is 18.4 Å². The molecule has 3 unspecified atom stereocenters. The topological polar surface area (TPSA) is 94.1 Å². The average molecular weight is 349 g/mol. The van der Waals surface area contributed by atoms with Crippen molar-refractivity contribution in [2.75, 3.05) is 27.4 Å². The van der Waals surface area contributed by atoms with Crippen LogP contribution >= 0.6 is 0 Å². The van der Waals surface area contributed by atoms with Gasteiger partial charge in [0.05, 0.1) is 27.4 Å². The summed E-state index contributed by atoms with van der Waals surface area (Å²) in [6.07, 6.45) is 2.15. The lowest BCUT2D eigenvalue weighted by molar-refractivity contribution is -0.143. The Morgan fingerprint density at radius 1 is 1.40 bits per heavy atom. The van der Waals surface area contributed by atoms with Crippen molar-refractivity contribution >= 4 is 11.9 Å². The van der Waals surface area contributed by atoms with Crippen LogP contribution in [-0.2, 0) is 14.3 Å². The molecule has 2 rings (SSSR count). The number of hydrogen-bond acceptors (Lipinski definition) is 5. The van der Waals surface area contributed by atoms with Gasteiger partial charge in [-0.3, -0.25) is 4.79 Å². The molecule has 3 atom stereocenters. The molecule has 0 saturated heterocycles. The van der Waals surface area contributed by atoms with E-state index in [0.717, 1.165) is 5.56 Å². The summed E-state index contributed by atoms with van der Waals surface area (Å²) in [5.41, 5.74) is 0.886. The Labute approximate surface area is 146 Å². The van der Waals surface area contributed by atoms with E-state index in [9.17, 15) is 14.7 Å². The van der Waals surface area contributed by atoms with Crippen LogP contribution < -0.4 is 14.8 Å². The predicted molar refractivity (Wildman–Crippen MR) is 91.0 cm³/mol. The highest BCUT2D eigenvalue weighted by Gasteiger charge is 2.46. The monoisotopic (exact) mass is 349 g/mol. The van der Waals surface area contributed by atoms with Crippen LogP contribution in [0, 0.1) is 5.92 Å². The highest BCUT2D eigenvalue weighted by Crippen LogP contribution is 2.51. The molecule has 0 bridgehead atoms. The molecule has 25 heavy (non-hydrogen) atoms. The SMILES string of the molecule is C=CCOCC(NC(=O)C1CC1c1cc(OC)ccc1OC)C(=O)O. The highest BCUT2D eigenvalue weighted by molar-refractivity contribution is 5.87. The van der Waals surface area contributed by atoms with E-state index in [4.69, 9.17) is 14.2 Å². The molecule has 1 aliphatic carbocycles. The standard InChI is InChI=1S/C18H23NO6/c1-4-7-25-10-15(18(21)22)19-17(20)14-9-12(14)13-8-11(23-2)5-6-16(13)24-3/h4-6,8,12,14-15H,1,7,9-10H2,2-3H3,(H,19,20)(H,21,22). The third kappa shape index (κ3) is 4.73. The Morgan fingerprint density at radius 2 is 2.16 bits per heavy atom. The van der Waals surface area contributed by atoms with Crippen molar-refractivity contribution in [3.8, 4) is 11.5 Å². The molecule has 0 aliphatic heterocycles. The van der Waals surface area contributed by atoms with E-state index in [0.29, 0.717) is 17.9 Å². The number of carboxylic acid groups (broad SMARTS) is 1. The summed E-state index contributed by atoms with van der Waals surface area (Å²) in [6.45, 7) is 3.62. The number of ether oxygens (including phenoxy) is 3. The van der Waals surface area contributed by atoms with E-state index >= 15 is 0 Å². The van der Waals surface area contributed by atoms with E-state index in [1.807, 2.05) is 6.07 Å². The lowest BCUT2D eigenvalue weighted by atomic mass is 10.1. The molecule has 136 valence electrons. The first-order valence-corrected chi connectivity index (χ1v) is 7.95. The fourth-order valence-electron chi connectivity index (χ4n) is 2.68. The summed E-state index contributed by atoms with van der Waals surface area (Å²) < 4.78 is 15.7. The first-order valence-electron chi connectivity index (χ1n) is 7.95. The number of rotatable bonds is 10. The van der Waals surface area contributed by atoms with Crippen LogP contribution in [-0.4, -0.2) is 50.5 Å². The summed E-state index contributed by atoms with van der Waals surface area (Å²) in [5.74, 6) is -0.373. The number of amides is 1. The number of carbonyl (C=O) groups excluding carboxylic acids is 1. The molecule has 0 radical (unpaired) electrons. The summed E-state index contributed by atoms with van der Waals surface area (Å²) >= 11 is 0. The number of benzene rings is 1. The van der Waals surface area contributed by atoms with Crippen LogP contribution in [0.2, 0.25) is 0 Å². The van der Waals surface area contributed by atoms with Crippen LogP contribution in [0.3, 0.4) is 0 Å². The number of carboxylic acids is 1. The summed E-state index contributed by atoms with van der Waals surface area (Å²) in [7, 11) is 3.14. The highest BCUT2D eigenvalue weighted by atomic mass is 16.5. The Morgan fingerprint density at radius 3 is 2.76 bits per heavy atom. The third-order valence-electron chi connectivity index (χ3n) is 4.10. The lowest BCUT2D eigenvalue weighted by Gasteiger charge is -2.15. The number of nitrogens with one attached hydrogen (secondary N) is 1. The maximum absolute atomic E-state index is 12.4. The minimum atomic E-state index is -1.13. The van der Waals surface area contributed by atoms with Crippen LogP contribution in [0.5, 0.6) is 11.5 Å². The second kappa shape index (κ2) is 8.53. The lowest BCUT2D eigenvalue weighted by Crippen LogP contribution is -2.44. The van der Waals surface area contributed by atoms with Gasteiger partial charge in [0.1, 0.15) is 11.5 Å². The first kappa shape index (κ1) is 18.8. The maximum Gasteiger partial charge on any atom is 0.328 e. The Kier molecular flexibility index (Phi) is 6.41. The molecule has 1 aromatic carbocycles. The van der Waals surface area contributed by atoms with Gasteiger partial charge in [-0.15, -0.1) is 6.58 Å². The zero-order valence-electron chi connectivity index (χ0n) is 14.4. The van der Waals surface area contributed by atoms with Crippen LogP contribution in [0.15, 0.2) is 30.9 Å². The van der Waals surface area contributed by atoms with Crippen molar-refractivity contribution in [3.05, 3.63) is 36.4 Å². The van der Waals surface area contributed by atoms with Crippen LogP contribution in [0.25, 0.3) is 0 Å².